The van der Waals surface area contributed by atoms with Crippen molar-refractivity contribution >= 4 is 16.7 Å². The molecule has 5 rings (SSSR count). The average Bonchev–Trinajstić information content (AvgIpc) is 3.18. The molecule has 1 aliphatic heterocycles. The Morgan fingerprint density at radius 1 is 0.889 bits per heavy atom. The summed E-state index contributed by atoms with van der Waals surface area (Å²) in [5, 5.41) is 8.79. The van der Waals surface area contributed by atoms with Gasteiger partial charge in [-0.25, -0.2) is 4.98 Å². The molecular weight excluding hydrogens is 338 g/mol. The molecule has 27 heavy (non-hydrogen) atoms. The number of benzene rings is 1. The Bertz CT molecular complexity index is 1070. The van der Waals surface area contributed by atoms with E-state index < -0.39 is 0 Å². The Hall–Kier alpha value is -3.25. The molecule has 0 amide bonds. The van der Waals surface area contributed by atoms with Gasteiger partial charge in [-0.1, -0.05) is 12.1 Å². The minimum absolute atomic E-state index is 0.741. The molecule has 4 aromatic rings. The summed E-state index contributed by atoms with van der Waals surface area (Å²) in [4.78, 5) is 11.3. The second-order valence-electron chi connectivity index (χ2n) is 6.55. The first-order chi connectivity index (χ1) is 13.4. The Balaban J connectivity index is 1.57. The smallest absolute Gasteiger partial charge is 0.129 e. The van der Waals surface area contributed by atoms with E-state index in [1.54, 1.807) is 0 Å². The maximum atomic E-state index is 5.44. The van der Waals surface area contributed by atoms with E-state index in [4.69, 9.17) is 4.74 Å². The second kappa shape index (κ2) is 6.81. The summed E-state index contributed by atoms with van der Waals surface area (Å²) in [6.07, 6.45) is 3.66. The molecule has 0 spiro atoms. The van der Waals surface area contributed by atoms with Gasteiger partial charge in [0.1, 0.15) is 11.5 Å². The maximum Gasteiger partial charge on any atom is 0.129 e. The van der Waals surface area contributed by atoms with E-state index in [-0.39, 0.29) is 0 Å². The van der Waals surface area contributed by atoms with Gasteiger partial charge in [0.2, 0.25) is 0 Å². The number of hydrogen-bond donors (Lipinski definition) is 1. The number of rotatable bonds is 3. The molecule has 3 aromatic heterocycles. The molecule has 1 N–H and O–H groups in total. The van der Waals surface area contributed by atoms with Crippen LogP contribution in [0.5, 0.6) is 0 Å². The topological polar surface area (TPSA) is 66.9 Å². The van der Waals surface area contributed by atoms with E-state index in [1.807, 2.05) is 36.7 Å². The summed E-state index contributed by atoms with van der Waals surface area (Å²) in [5.41, 5.74) is 5.02. The van der Waals surface area contributed by atoms with Crippen molar-refractivity contribution in [2.24, 2.45) is 0 Å². The number of H-pyrrole nitrogens is 1. The lowest BCUT2D eigenvalue weighted by Crippen LogP contribution is -2.36. The predicted molar refractivity (Wildman–Crippen MR) is 106 cm³/mol. The van der Waals surface area contributed by atoms with E-state index in [0.717, 1.165) is 65.5 Å². The van der Waals surface area contributed by atoms with Gasteiger partial charge in [-0.2, -0.15) is 5.10 Å². The predicted octanol–water partition coefficient (Wildman–Crippen LogP) is 3.52. The molecule has 1 aromatic carbocycles. The van der Waals surface area contributed by atoms with Crippen LogP contribution in [0.25, 0.3) is 33.4 Å². The van der Waals surface area contributed by atoms with Crippen molar-refractivity contribution in [2.75, 3.05) is 31.2 Å². The van der Waals surface area contributed by atoms with Crippen LogP contribution in [0, 0.1) is 0 Å². The Morgan fingerprint density at radius 3 is 2.67 bits per heavy atom. The largest absolute Gasteiger partial charge is 0.378 e. The minimum atomic E-state index is 0.741. The number of aromatic nitrogens is 4. The Morgan fingerprint density at radius 2 is 1.81 bits per heavy atom. The molecule has 1 aliphatic rings. The quantitative estimate of drug-likeness (QED) is 0.608. The van der Waals surface area contributed by atoms with Crippen molar-refractivity contribution in [3.63, 3.8) is 0 Å². The van der Waals surface area contributed by atoms with E-state index in [0.29, 0.717) is 0 Å². The molecular formula is C21H19N5O. The molecule has 0 saturated carbocycles. The molecule has 4 heterocycles. The summed E-state index contributed by atoms with van der Waals surface area (Å²) in [7, 11) is 0. The fraction of sp³-hybridized carbons (Fsp3) is 0.190. The molecule has 0 atom stereocenters. The van der Waals surface area contributed by atoms with Crippen LogP contribution < -0.4 is 4.90 Å². The lowest BCUT2D eigenvalue weighted by molar-refractivity contribution is 0.122. The normalized spacial score (nSPS) is 14.6. The number of nitrogens with zero attached hydrogens (tertiary/aromatic N) is 4. The molecule has 134 valence electrons. The van der Waals surface area contributed by atoms with Gasteiger partial charge in [0.15, 0.2) is 0 Å². The highest BCUT2D eigenvalue weighted by Crippen LogP contribution is 2.31. The highest BCUT2D eigenvalue weighted by molar-refractivity contribution is 5.95. The molecule has 0 bridgehead atoms. The third-order valence-electron chi connectivity index (χ3n) is 4.88. The first kappa shape index (κ1) is 16.0. The summed E-state index contributed by atoms with van der Waals surface area (Å²) in [6.45, 7) is 3.21. The van der Waals surface area contributed by atoms with Gasteiger partial charge in [0.05, 0.1) is 24.4 Å². The van der Waals surface area contributed by atoms with Crippen molar-refractivity contribution in [1.29, 1.82) is 0 Å². The molecule has 1 fully saturated rings. The molecule has 0 unspecified atom stereocenters. The Labute approximate surface area is 156 Å². The van der Waals surface area contributed by atoms with Gasteiger partial charge in [-0.15, -0.1) is 0 Å². The van der Waals surface area contributed by atoms with E-state index in [9.17, 15) is 0 Å². The standard InChI is InChI=1S/C21H19N5O/c1-2-7-22-18(3-1)15-4-5-19-17(13-15)21(25-24-19)16-6-8-23-20(14-16)26-9-11-27-12-10-26/h1-8,13-14H,9-12H2,(H,24,25). The third-order valence-corrected chi connectivity index (χ3v) is 4.88. The van der Waals surface area contributed by atoms with Crippen LogP contribution in [0.3, 0.4) is 0 Å². The van der Waals surface area contributed by atoms with Crippen LogP contribution in [0.15, 0.2) is 60.9 Å². The number of hydrogen-bond acceptors (Lipinski definition) is 5. The van der Waals surface area contributed by atoms with E-state index in [1.165, 1.54) is 0 Å². The van der Waals surface area contributed by atoms with Gasteiger partial charge in [0.25, 0.3) is 0 Å². The zero-order chi connectivity index (χ0) is 18.1. The summed E-state index contributed by atoms with van der Waals surface area (Å²) in [5.74, 6) is 0.966. The maximum absolute atomic E-state index is 5.44. The van der Waals surface area contributed by atoms with Crippen LogP contribution in [-0.2, 0) is 4.74 Å². The lowest BCUT2D eigenvalue weighted by atomic mass is 10.0. The average molecular weight is 357 g/mol. The minimum Gasteiger partial charge on any atom is -0.378 e. The Kier molecular flexibility index (Phi) is 4.03. The highest BCUT2D eigenvalue weighted by atomic mass is 16.5. The fourth-order valence-corrected chi connectivity index (χ4v) is 3.46. The molecule has 1 saturated heterocycles. The summed E-state index contributed by atoms with van der Waals surface area (Å²) in [6, 6.07) is 16.3. The van der Waals surface area contributed by atoms with Gasteiger partial charge in [-0.3, -0.25) is 10.1 Å². The van der Waals surface area contributed by atoms with E-state index in [2.05, 4.69) is 49.3 Å². The van der Waals surface area contributed by atoms with Gasteiger partial charge in [0, 0.05) is 42.0 Å². The molecule has 0 radical (unpaired) electrons. The first-order valence-electron chi connectivity index (χ1n) is 9.07. The highest BCUT2D eigenvalue weighted by Gasteiger charge is 2.15. The van der Waals surface area contributed by atoms with Crippen molar-refractivity contribution in [3.8, 4) is 22.5 Å². The second-order valence-corrected chi connectivity index (χ2v) is 6.55. The lowest BCUT2D eigenvalue weighted by Gasteiger charge is -2.27. The third kappa shape index (κ3) is 3.04. The number of aromatic amines is 1. The number of anilines is 1. The number of nitrogens with one attached hydrogen (secondary N) is 1. The first-order valence-corrected chi connectivity index (χ1v) is 9.07. The van der Waals surface area contributed by atoms with E-state index >= 15 is 0 Å². The van der Waals surface area contributed by atoms with Crippen LogP contribution in [0.1, 0.15) is 0 Å². The van der Waals surface area contributed by atoms with Crippen LogP contribution in [0.4, 0.5) is 5.82 Å². The monoisotopic (exact) mass is 357 g/mol. The number of fused-ring (bicyclic) bond motifs is 1. The van der Waals surface area contributed by atoms with Gasteiger partial charge < -0.3 is 9.64 Å². The van der Waals surface area contributed by atoms with Crippen molar-refractivity contribution < 1.29 is 4.74 Å². The number of pyridine rings is 2. The SMILES string of the molecule is c1ccc(-c2ccc3[nH]nc(-c4ccnc(N5CCOCC5)c4)c3c2)nc1. The van der Waals surface area contributed by atoms with Crippen LogP contribution in [0.2, 0.25) is 0 Å². The molecule has 6 nitrogen and oxygen atoms in total. The molecule has 0 aliphatic carbocycles. The molecule has 6 heteroatoms. The van der Waals surface area contributed by atoms with Crippen molar-refractivity contribution in [1.82, 2.24) is 20.2 Å². The zero-order valence-electron chi connectivity index (χ0n) is 14.8. The van der Waals surface area contributed by atoms with Crippen molar-refractivity contribution in [2.45, 2.75) is 0 Å². The van der Waals surface area contributed by atoms with Gasteiger partial charge in [-0.05, 0) is 36.4 Å². The van der Waals surface area contributed by atoms with Crippen molar-refractivity contribution in [3.05, 3.63) is 60.9 Å². The summed E-state index contributed by atoms with van der Waals surface area (Å²) < 4.78 is 5.44. The number of ether oxygens (including phenoxy) is 1. The van der Waals surface area contributed by atoms with Crippen LogP contribution >= 0.6 is 0 Å². The van der Waals surface area contributed by atoms with Crippen LogP contribution in [-0.4, -0.2) is 46.5 Å². The zero-order valence-corrected chi connectivity index (χ0v) is 14.8. The van der Waals surface area contributed by atoms with Gasteiger partial charge >= 0.3 is 0 Å². The summed E-state index contributed by atoms with van der Waals surface area (Å²) >= 11 is 0. The number of morpholine rings is 1. The fourth-order valence-electron chi connectivity index (χ4n) is 3.46.